The molecule has 15 nitrogen and oxygen atoms in total. The second-order valence-corrected chi connectivity index (χ2v) is 10.2. The van der Waals surface area contributed by atoms with Gasteiger partial charge in [-0.2, -0.15) is 0 Å². The van der Waals surface area contributed by atoms with Gasteiger partial charge in [0.25, 0.3) is 11.8 Å². The number of aromatic nitrogens is 4. The summed E-state index contributed by atoms with van der Waals surface area (Å²) in [5.74, 6) is -3.92. The van der Waals surface area contributed by atoms with E-state index in [-0.39, 0.29) is 33.5 Å². The van der Waals surface area contributed by atoms with Gasteiger partial charge in [0.15, 0.2) is 5.71 Å². The fraction of sp³-hybridized carbons (Fsp3) is 0.300. The topological polar surface area (TPSA) is 209 Å². The number of aromatic hydroxyl groups is 1. The zero-order chi connectivity index (χ0) is 27.6. The van der Waals surface area contributed by atoms with Crippen LogP contribution in [0.5, 0.6) is 5.75 Å². The lowest BCUT2D eigenvalue weighted by molar-refractivity contribution is -0.150. The Morgan fingerprint density at radius 3 is 2.74 bits per heavy atom. The molecule has 2 amide bonds. The predicted molar refractivity (Wildman–Crippen MR) is 132 cm³/mol. The SMILES string of the molecule is Cn1nnnc1SCC1=C(C(=O)O)N2C(=O)C(NC(=O)C(=NOCC(=O)O)c3ccc(O)c(Cl)c3)[C@@H]2SC1. The average molecular weight is 584 g/mol. The minimum atomic E-state index is -1.34. The molecule has 1 aromatic heterocycles. The van der Waals surface area contributed by atoms with Crippen molar-refractivity contribution in [2.45, 2.75) is 16.6 Å². The van der Waals surface area contributed by atoms with Crippen molar-refractivity contribution < 1.29 is 39.3 Å². The summed E-state index contributed by atoms with van der Waals surface area (Å²) in [7, 11) is 1.64. The zero-order valence-electron chi connectivity index (χ0n) is 19.3. The van der Waals surface area contributed by atoms with Crippen LogP contribution in [0.15, 0.2) is 39.8 Å². The van der Waals surface area contributed by atoms with Gasteiger partial charge in [-0.3, -0.25) is 14.5 Å². The molecule has 0 aliphatic carbocycles. The molecule has 1 aromatic carbocycles. The number of carbonyl (C=O) groups is 4. The van der Waals surface area contributed by atoms with Crippen LogP contribution >= 0.6 is 35.1 Å². The van der Waals surface area contributed by atoms with Crippen LogP contribution < -0.4 is 5.32 Å². The minimum absolute atomic E-state index is 0.0827. The Balaban J connectivity index is 1.52. The van der Waals surface area contributed by atoms with Gasteiger partial charge in [0, 0.05) is 24.1 Å². The molecule has 0 radical (unpaired) electrons. The predicted octanol–water partition coefficient (Wildman–Crippen LogP) is -0.0947. The summed E-state index contributed by atoms with van der Waals surface area (Å²) in [4.78, 5) is 54.8. The summed E-state index contributed by atoms with van der Waals surface area (Å²) >= 11 is 8.41. The standard InChI is InChI=1S/C20H18ClN7O8S2/c1-27-20(23-25-26-27)38-7-9-6-37-18-14(17(33)28(18)15(9)19(34)35)22-16(32)13(24-36-5-12(30)31)8-2-3-11(29)10(21)4-8/h2-4,14,18,29H,5-7H2,1H3,(H,22,32)(H,30,31)(H,34,35)/t14?,18-/m0/s1. The number of thioether (sulfide) groups is 2. The number of β-lactam (4-membered cyclic amide) rings is 1. The first kappa shape index (κ1) is 27.2. The van der Waals surface area contributed by atoms with Gasteiger partial charge in [0.05, 0.1) is 5.02 Å². The van der Waals surface area contributed by atoms with Gasteiger partial charge in [0.2, 0.25) is 11.8 Å². The van der Waals surface area contributed by atoms with Crippen molar-refractivity contribution in [2.24, 2.45) is 12.2 Å². The molecule has 200 valence electrons. The molecule has 0 spiro atoms. The number of amides is 2. The van der Waals surface area contributed by atoms with E-state index in [2.05, 4.69) is 26.0 Å². The van der Waals surface area contributed by atoms with Gasteiger partial charge in [-0.25, -0.2) is 14.3 Å². The van der Waals surface area contributed by atoms with Crippen LogP contribution in [0.2, 0.25) is 5.02 Å². The Morgan fingerprint density at radius 1 is 1.34 bits per heavy atom. The van der Waals surface area contributed by atoms with Gasteiger partial charge in [0.1, 0.15) is 22.9 Å². The monoisotopic (exact) mass is 583 g/mol. The van der Waals surface area contributed by atoms with E-state index in [0.29, 0.717) is 10.7 Å². The number of nitrogens with one attached hydrogen (secondary N) is 1. The van der Waals surface area contributed by atoms with Crippen LogP contribution in [0.25, 0.3) is 0 Å². The van der Waals surface area contributed by atoms with Crippen molar-refractivity contribution in [3.8, 4) is 5.75 Å². The number of fused-ring (bicyclic) bond motifs is 1. The van der Waals surface area contributed by atoms with E-state index in [0.717, 1.165) is 4.90 Å². The minimum Gasteiger partial charge on any atom is -0.506 e. The number of carbonyl (C=O) groups excluding carboxylic acids is 2. The second-order valence-electron chi connectivity index (χ2n) is 7.77. The first-order valence-electron chi connectivity index (χ1n) is 10.5. The molecule has 4 rings (SSSR count). The smallest absolute Gasteiger partial charge is 0.352 e. The summed E-state index contributed by atoms with van der Waals surface area (Å²) in [5, 5.41) is 45.2. The largest absolute Gasteiger partial charge is 0.506 e. The van der Waals surface area contributed by atoms with E-state index in [4.69, 9.17) is 21.5 Å². The highest BCUT2D eigenvalue weighted by atomic mass is 35.5. The number of carboxylic acid groups (broad SMARTS) is 2. The number of aliphatic carboxylic acids is 2. The molecule has 1 unspecified atom stereocenters. The number of carboxylic acids is 2. The molecule has 4 N–H and O–H groups in total. The molecule has 0 bridgehead atoms. The molecule has 2 aliphatic rings. The molecule has 18 heteroatoms. The molecule has 38 heavy (non-hydrogen) atoms. The Labute approximate surface area is 226 Å². The maximum absolute atomic E-state index is 13.1. The van der Waals surface area contributed by atoms with Crippen LogP contribution in [0, 0.1) is 0 Å². The number of hydrogen-bond donors (Lipinski definition) is 4. The Bertz CT molecular complexity index is 1380. The molecule has 2 aromatic rings. The average Bonchev–Trinajstić information content (AvgIpc) is 3.29. The van der Waals surface area contributed by atoms with E-state index in [1.165, 1.54) is 46.4 Å². The summed E-state index contributed by atoms with van der Waals surface area (Å²) in [6.07, 6.45) is 0. The molecule has 0 saturated carbocycles. The third-order valence-corrected chi connectivity index (χ3v) is 8.01. The van der Waals surface area contributed by atoms with Crippen molar-refractivity contribution in [2.75, 3.05) is 18.1 Å². The summed E-state index contributed by atoms with van der Waals surface area (Å²) < 4.78 is 1.44. The highest BCUT2D eigenvalue weighted by Crippen LogP contribution is 2.41. The molecular weight excluding hydrogens is 566 g/mol. The number of halogens is 1. The lowest BCUT2D eigenvalue weighted by atomic mass is 10.0. The van der Waals surface area contributed by atoms with Gasteiger partial charge in [-0.15, -0.1) is 16.9 Å². The number of aryl methyl sites for hydroxylation is 1. The quantitative estimate of drug-likeness (QED) is 0.125. The Kier molecular flexibility index (Phi) is 8.08. The number of tetrazole rings is 1. The van der Waals surface area contributed by atoms with Gasteiger partial charge in [-0.1, -0.05) is 28.5 Å². The normalized spacial score (nSPS) is 19.1. The summed E-state index contributed by atoms with van der Waals surface area (Å²) in [6, 6.07) is 2.63. The van der Waals surface area contributed by atoms with E-state index in [9.17, 15) is 29.4 Å². The Hall–Kier alpha value is -3.83. The maximum Gasteiger partial charge on any atom is 0.352 e. The molecular formula is C20H18ClN7O8S2. The number of hydrogen-bond acceptors (Lipinski definition) is 12. The maximum atomic E-state index is 13.1. The second kappa shape index (κ2) is 11.3. The number of oxime groups is 1. The molecule has 3 heterocycles. The lowest BCUT2D eigenvalue weighted by Crippen LogP contribution is -2.71. The summed E-state index contributed by atoms with van der Waals surface area (Å²) in [5.41, 5.74) is 0.00621. The Morgan fingerprint density at radius 2 is 2.11 bits per heavy atom. The fourth-order valence-corrected chi connectivity index (χ4v) is 6.05. The molecule has 2 aliphatic heterocycles. The van der Waals surface area contributed by atoms with Crippen molar-refractivity contribution in [3.63, 3.8) is 0 Å². The van der Waals surface area contributed by atoms with E-state index >= 15 is 0 Å². The van der Waals surface area contributed by atoms with Gasteiger partial charge < -0.3 is 25.5 Å². The molecule has 2 atom stereocenters. The highest BCUT2D eigenvalue weighted by Gasteiger charge is 2.54. The van der Waals surface area contributed by atoms with E-state index in [1.807, 2.05) is 0 Å². The van der Waals surface area contributed by atoms with Crippen molar-refractivity contribution >= 4 is 64.6 Å². The highest BCUT2D eigenvalue weighted by molar-refractivity contribution is 8.01. The summed E-state index contributed by atoms with van der Waals surface area (Å²) in [6.45, 7) is -0.838. The molecule has 1 fully saturated rings. The van der Waals surface area contributed by atoms with E-state index < -0.39 is 47.5 Å². The first-order chi connectivity index (χ1) is 18.1. The third-order valence-electron chi connectivity index (χ3n) is 5.27. The number of benzene rings is 1. The zero-order valence-corrected chi connectivity index (χ0v) is 21.7. The van der Waals surface area contributed by atoms with Crippen molar-refractivity contribution in [1.29, 1.82) is 0 Å². The number of nitrogens with zero attached hydrogens (tertiary/aromatic N) is 6. The number of rotatable bonds is 10. The van der Waals surface area contributed by atoms with Crippen LogP contribution in [-0.4, -0.2) is 99.4 Å². The lowest BCUT2D eigenvalue weighted by Gasteiger charge is -2.49. The molecule has 1 saturated heterocycles. The third kappa shape index (κ3) is 5.53. The number of phenols is 1. The van der Waals surface area contributed by atoms with E-state index in [1.54, 1.807) is 7.05 Å². The van der Waals surface area contributed by atoms with Crippen LogP contribution in [0.3, 0.4) is 0 Å². The van der Waals surface area contributed by atoms with Crippen LogP contribution in [0.4, 0.5) is 0 Å². The van der Waals surface area contributed by atoms with Crippen LogP contribution in [-0.2, 0) is 31.1 Å². The van der Waals surface area contributed by atoms with Crippen molar-refractivity contribution in [1.82, 2.24) is 30.4 Å². The van der Waals surface area contributed by atoms with Gasteiger partial charge in [-0.05, 0) is 34.2 Å². The van der Waals surface area contributed by atoms with Gasteiger partial charge >= 0.3 is 11.9 Å². The fourth-order valence-electron chi connectivity index (χ4n) is 3.53. The first-order valence-corrected chi connectivity index (χ1v) is 13.0. The van der Waals surface area contributed by atoms with Crippen molar-refractivity contribution in [3.05, 3.63) is 40.1 Å². The number of phenolic OH excluding ortho intramolecular Hbond substituents is 1. The van der Waals surface area contributed by atoms with Crippen LogP contribution in [0.1, 0.15) is 5.56 Å².